The molecule has 0 radical (unpaired) electrons. The average molecular weight is 689 g/mol. The van der Waals surface area contributed by atoms with Crippen LogP contribution in [0.3, 0.4) is 0 Å². The number of carbonyl (C=O) groups is 4. The van der Waals surface area contributed by atoms with E-state index < -0.39 is 47.3 Å². The third-order valence-corrected chi connectivity index (χ3v) is 7.40. The number of anilines is 1. The van der Waals surface area contributed by atoms with Gasteiger partial charge in [0.05, 0.1) is 5.69 Å². The summed E-state index contributed by atoms with van der Waals surface area (Å²) in [5, 5.41) is 20.2. The van der Waals surface area contributed by atoms with Gasteiger partial charge in [0.2, 0.25) is 5.91 Å². The van der Waals surface area contributed by atoms with Crippen molar-refractivity contribution in [1.82, 2.24) is 35.2 Å². The van der Waals surface area contributed by atoms with E-state index in [1.165, 1.54) is 23.1 Å². The van der Waals surface area contributed by atoms with Crippen LogP contribution >= 0.6 is 0 Å². The van der Waals surface area contributed by atoms with Crippen LogP contribution in [0.2, 0.25) is 0 Å². The number of nitrogens with zero attached hydrogens (tertiary/aromatic N) is 6. The molecule has 5 aromatic rings. The highest BCUT2D eigenvalue weighted by molar-refractivity contribution is 6.13. The molecule has 3 N–H and O–H groups in total. The van der Waals surface area contributed by atoms with E-state index in [4.69, 9.17) is 4.74 Å². The zero-order valence-corrected chi connectivity index (χ0v) is 27.8. The highest BCUT2D eigenvalue weighted by Gasteiger charge is 2.31. The van der Waals surface area contributed by atoms with Crippen LogP contribution in [0.4, 0.5) is 24.2 Å². The summed E-state index contributed by atoms with van der Waals surface area (Å²) in [6.45, 7) is 8.59. The topological polar surface area (TPSA) is 181 Å². The van der Waals surface area contributed by atoms with Crippen molar-refractivity contribution >= 4 is 46.4 Å². The van der Waals surface area contributed by atoms with Gasteiger partial charge in [0, 0.05) is 24.5 Å². The Labute approximate surface area is 284 Å². The molecule has 2 aromatic carbocycles. The van der Waals surface area contributed by atoms with Crippen LogP contribution in [0.25, 0.3) is 16.6 Å². The molecule has 5 rings (SSSR count). The molecule has 260 valence electrons. The highest BCUT2D eigenvalue weighted by atomic mass is 19.2. The van der Waals surface area contributed by atoms with Crippen molar-refractivity contribution in [3.63, 3.8) is 0 Å². The molecule has 0 saturated heterocycles. The normalized spacial score (nSPS) is 12.2. The first kappa shape index (κ1) is 35.3. The second-order valence-electron chi connectivity index (χ2n) is 12.7. The molecule has 4 amide bonds. The molecule has 3 heterocycles. The molecule has 0 spiro atoms. The van der Waals surface area contributed by atoms with Gasteiger partial charge in [-0.2, -0.15) is 15.0 Å². The van der Waals surface area contributed by atoms with E-state index in [1.54, 1.807) is 51.1 Å². The number of amides is 4. The second kappa shape index (κ2) is 14.2. The first-order valence-electron chi connectivity index (χ1n) is 15.5. The van der Waals surface area contributed by atoms with Crippen molar-refractivity contribution in [2.45, 2.75) is 65.1 Å². The van der Waals surface area contributed by atoms with Gasteiger partial charge in [-0.05, 0) is 73.5 Å². The molecule has 0 aliphatic heterocycles. The number of pyridine rings is 1. The molecule has 0 unspecified atom stereocenters. The van der Waals surface area contributed by atoms with E-state index in [0.29, 0.717) is 26.9 Å². The number of imide groups is 1. The van der Waals surface area contributed by atoms with Crippen LogP contribution in [0.5, 0.6) is 0 Å². The molecular weight excluding hydrogens is 654 g/mol. The Morgan fingerprint density at radius 3 is 2.40 bits per heavy atom. The number of ether oxygens (including phenoxy) is 1. The fraction of sp³-hybridized carbons (Fsp3) is 0.294. The number of carboxylic acid groups (broad SMARTS) is 1. The van der Waals surface area contributed by atoms with Gasteiger partial charge < -0.3 is 20.5 Å². The highest BCUT2D eigenvalue weighted by Crippen LogP contribution is 2.27. The number of benzene rings is 2. The van der Waals surface area contributed by atoms with E-state index in [1.807, 2.05) is 13.8 Å². The fourth-order valence-electron chi connectivity index (χ4n) is 5.08. The van der Waals surface area contributed by atoms with Crippen LogP contribution in [0.1, 0.15) is 67.8 Å². The zero-order valence-electron chi connectivity index (χ0n) is 27.8. The molecule has 14 nitrogen and oxygen atoms in total. The Hall–Kier alpha value is -6.06. The lowest BCUT2D eigenvalue weighted by atomic mass is 10.0. The molecule has 16 heteroatoms. The largest absolute Gasteiger partial charge is 0.464 e. The number of aromatic nitrogens is 5. The Morgan fingerprint density at radius 2 is 1.72 bits per heavy atom. The van der Waals surface area contributed by atoms with E-state index in [0.717, 1.165) is 12.1 Å². The maximum Gasteiger partial charge on any atom is 0.425 e. The minimum absolute atomic E-state index is 0.0157. The molecule has 0 saturated carbocycles. The summed E-state index contributed by atoms with van der Waals surface area (Å²) in [6, 6.07) is 9.95. The quantitative estimate of drug-likeness (QED) is 0.187. The van der Waals surface area contributed by atoms with Crippen molar-refractivity contribution in [2.24, 2.45) is 0 Å². The lowest BCUT2D eigenvalue weighted by Gasteiger charge is -2.24. The third kappa shape index (κ3) is 7.97. The van der Waals surface area contributed by atoms with Crippen LogP contribution in [-0.4, -0.2) is 65.3 Å². The van der Waals surface area contributed by atoms with Gasteiger partial charge in [-0.15, -0.1) is 0 Å². The van der Waals surface area contributed by atoms with Gasteiger partial charge in [-0.1, -0.05) is 32.0 Å². The van der Waals surface area contributed by atoms with E-state index in [9.17, 15) is 33.1 Å². The number of rotatable bonds is 9. The standard InChI is InChI=1S/C34H34F2N8O6/c1-18(2)27-15-26(42-31-39-17-40-44(27)31)30(46)41-25(14-19-7-9-23(35)24(36)13-19)29(45)38-16-20-6-8-22-21(12-20)10-11-37-28(22)43(32(47)48)33(49)50-34(3,4)5/h6-13,15,17-18,25H,14,16H2,1-5H3,(H,38,45)(H,41,46)(H,47,48)/t25-/m1/s1. The number of hydrogen-bond acceptors (Lipinski definition) is 9. The molecule has 0 fully saturated rings. The molecule has 0 bridgehead atoms. The predicted molar refractivity (Wildman–Crippen MR) is 177 cm³/mol. The third-order valence-electron chi connectivity index (χ3n) is 7.40. The fourth-order valence-corrected chi connectivity index (χ4v) is 5.08. The van der Waals surface area contributed by atoms with Gasteiger partial charge in [0.25, 0.3) is 11.7 Å². The Bertz CT molecular complexity index is 2110. The van der Waals surface area contributed by atoms with Crippen LogP contribution in [0, 0.1) is 11.6 Å². The minimum atomic E-state index is -1.58. The maximum atomic E-state index is 14.1. The average Bonchev–Trinajstić information content (AvgIpc) is 3.52. The number of hydrogen-bond donors (Lipinski definition) is 3. The van der Waals surface area contributed by atoms with Crippen LogP contribution < -0.4 is 15.5 Å². The van der Waals surface area contributed by atoms with Gasteiger partial charge in [0.1, 0.15) is 23.7 Å². The first-order valence-corrected chi connectivity index (χ1v) is 15.5. The van der Waals surface area contributed by atoms with Crippen molar-refractivity contribution in [3.8, 4) is 0 Å². The number of fused-ring (bicyclic) bond motifs is 2. The van der Waals surface area contributed by atoms with E-state index >= 15 is 0 Å². The molecule has 3 aromatic heterocycles. The number of carbonyl (C=O) groups excluding carboxylic acids is 3. The van der Waals surface area contributed by atoms with Gasteiger partial charge in [0.15, 0.2) is 17.5 Å². The zero-order chi connectivity index (χ0) is 36.3. The summed E-state index contributed by atoms with van der Waals surface area (Å²) >= 11 is 0. The SMILES string of the molecule is CC(C)c1cc(C(=O)N[C@H](Cc2ccc(F)c(F)c2)C(=O)NCc2ccc3c(N(C(=O)O)C(=O)OC(C)(C)C)nccc3c2)nc2ncnn12. The van der Waals surface area contributed by atoms with Gasteiger partial charge >= 0.3 is 12.2 Å². The van der Waals surface area contributed by atoms with Crippen molar-refractivity contribution < 1.29 is 37.8 Å². The first-order chi connectivity index (χ1) is 23.6. The maximum absolute atomic E-state index is 14.1. The van der Waals surface area contributed by atoms with Crippen molar-refractivity contribution in [3.05, 3.63) is 95.2 Å². The summed E-state index contributed by atoms with van der Waals surface area (Å²) in [7, 11) is 0. The summed E-state index contributed by atoms with van der Waals surface area (Å²) in [4.78, 5) is 64.7. The Balaban J connectivity index is 1.38. The predicted octanol–water partition coefficient (Wildman–Crippen LogP) is 5.15. The van der Waals surface area contributed by atoms with Crippen LogP contribution in [-0.2, 0) is 22.5 Å². The molecule has 1 atom stereocenters. The molecule has 0 aliphatic carbocycles. The lowest BCUT2D eigenvalue weighted by molar-refractivity contribution is -0.123. The van der Waals surface area contributed by atoms with Crippen LogP contribution in [0.15, 0.2) is 61.1 Å². The number of nitrogens with one attached hydrogen (secondary N) is 2. The molecule has 50 heavy (non-hydrogen) atoms. The van der Waals surface area contributed by atoms with Crippen molar-refractivity contribution in [2.75, 3.05) is 4.90 Å². The number of halogens is 2. The summed E-state index contributed by atoms with van der Waals surface area (Å²) in [5.41, 5.74) is 0.526. The monoisotopic (exact) mass is 688 g/mol. The van der Waals surface area contributed by atoms with E-state index in [2.05, 4.69) is 30.7 Å². The minimum Gasteiger partial charge on any atom is -0.464 e. The van der Waals surface area contributed by atoms with Gasteiger partial charge in [-0.25, -0.2) is 32.9 Å². The van der Waals surface area contributed by atoms with E-state index in [-0.39, 0.29) is 41.7 Å². The Morgan fingerprint density at radius 1 is 0.980 bits per heavy atom. The Kier molecular flexibility index (Phi) is 10.0. The molecular formula is C34H34F2N8O6. The summed E-state index contributed by atoms with van der Waals surface area (Å²) in [5.74, 6) is -3.51. The van der Waals surface area contributed by atoms with Crippen molar-refractivity contribution in [1.29, 1.82) is 0 Å². The summed E-state index contributed by atoms with van der Waals surface area (Å²) < 4.78 is 34.5. The lowest BCUT2D eigenvalue weighted by Crippen LogP contribution is -2.48. The smallest absolute Gasteiger partial charge is 0.425 e. The van der Waals surface area contributed by atoms with Gasteiger partial charge in [-0.3, -0.25) is 9.59 Å². The summed E-state index contributed by atoms with van der Waals surface area (Å²) in [6.07, 6.45) is -0.234. The molecule has 0 aliphatic rings. The second-order valence-corrected chi connectivity index (χ2v) is 12.7.